The molecule has 0 bridgehead atoms. The summed E-state index contributed by atoms with van der Waals surface area (Å²) in [7, 11) is -3.75. The average molecular weight is 391 g/mol. The molecule has 0 atom stereocenters. The van der Waals surface area contributed by atoms with Gasteiger partial charge in [-0.15, -0.1) is 0 Å². The number of nitrogens with zero attached hydrogens (tertiary/aromatic N) is 2. The molecule has 0 unspecified atom stereocenters. The molecule has 7 nitrogen and oxygen atoms in total. The van der Waals surface area contributed by atoms with Gasteiger partial charge in [-0.05, 0) is 36.8 Å². The van der Waals surface area contributed by atoms with Crippen molar-refractivity contribution in [1.82, 2.24) is 5.43 Å². The lowest BCUT2D eigenvalue weighted by molar-refractivity contribution is -0.120. The van der Waals surface area contributed by atoms with Gasteiger partial charge in [-0.1, -0.05) is 35.9 Å². The Kier molecular flexibility index (Phi) is 6.33. The Labute approximate surface area is 156 Å². The molecule has 2 N–H and O–H groups in total. The second-order valence-electron chi connectivity index (χ2n) is 5.18. The fraction of sp³-hybridized carbons (Fsp3) is 0.118. The van der Waals surface area contributed by atoms with Gasteiger partial charge in [0, 0.05) is 0 Å². The molecule has 2 rings (SSSR count). The number of hydrogen-bond donors (Lipinski definition) is 2. The maximum atomic E-state index is 12.3. The van der Waals surface area contributed by atoms with Crippen LogP contribution >= 0.6 is 11.6 Å². The number of halogens is 1. The van der Waals surface area contributed by atoms with Gasteiger partial charge in [0.15, 0.2) is 0 Å². The molecule has 2 aromatic rings. The maximum Gasteiger partial charge on any atom is 0.261 e. The summed E-state index contributed by atoms with van der Waals surface area (Å²) in [6.07, 6.45) is -0.294. The van der Waals surface area contributed by atoms with E-state index in [9.17, 15) is 13.2 Å². The molecule has 0 heterocycles. The van der Waals surface area contributed by atoms with Crippen LogP contribution < -0.4 is 10.1 Å². The van der Waals surface area contributed by atoms with Crippen molar-refractivity contribution >= 4 is 38.9 Å². The Bertz CT molecular complexity index is 983. The van der Waals surface area contributed by atoms with Crippen molar-refractivity contribution in [3.05, 3.63) is 59.1 Å². The molecular weight excluding hydrogens is 376 g/mol. The molecule has 0 radical (unpaired) electrons. The van der Waals surface area contributed by atoms with Gasteiger partial charge in [-0.2, -0.15) is 10.4 Å². The van der Waals surface area contributed by atoms with Crippen molar-refractivity contribution in [2.24, 2.45) is 5.10 Å². The van der Waals surface area contributed by atoms with Gasteiger partial charge >= 0.3 is 0 Å². The minimum absolute atomic E-state index is 0.123. The number of carbonyl (C=O) groups is 1. The van der Waals surface area contributed by atoms with Crippen LogP contribution in [0.5, 0.6) is 0 Å². The monoisotopic (exact) mass is 390 g/mol. The molecular formula is C17H15ClN4O3S. The molecule has 0 saturated carbocycles. The molecule has 9 heteroatoms. The zero-order chi connectivity index (χ0) is 19.2. The summed E-state index contributed by atoms with van der Waals surface area (Å²) in [6.45, 7) is 1.64. The van der Waals surface area contributed by atoms with Gasteiger partial charge in [0.25, 0.3) is 15.9 Å². The third kappa shape index (κ3) is 5.05. The second kappa shape index (κ2) is 8.47. The first-order chi connectivity index (χ1) is 12.3. The van der Waals surface area contributed by atoms with Gasteiger partial charge in [-0.3, -0.25) is 9.52 Å². The van der Waals surface area contributed by atoms with Crippen molar-refractivity contribution < 1.29 is 13.2 Å². The molecule has 2 aromatic carbocycles. The maximum absolute atomic E-state index is 12.3. The van der Waals surface area contributed by atoms with E-state index in [1.165, 1.54) is 24.3 Å². The van der Waals surface area contributed by atoms with E-state index in [1.54, 1.807) is 37.3 Å². The van der Waals surface area contributed by atoms with Crippen LogP contribution in [0.25, 0.3) is 0 Å². The van der Waals surface area contributed by atoms with Gasteiger partial charge < -0.3 is 0 Å². The van der Waals surface area contributed by atoms with Crippen molar-refractivity contribution in [3.63, 3.8) is 0 Å². The highest BCUT2D eigenvalue weighted by atomic mass is 35.5. The number of anilines is 1. The Morgan fingerprint density at radius 2 is 1.92 bits per heavy atom. The minimum Gasteiger partial charge on any atom is -0.278 e. The Morgan fingerprint density at radius 1 is 1.23 bits per heavy atom. The van der Waals surface area contributed by atoms with Crippen molar-refractivity contribution in [2.45, 2.75) is 18.2 Å². The molecule has 0 spiro atoms. The van der Waals surface area contributed by atoms with Crippen molar-refractivity contribution in [2.75, 3.05) is 4.72 Å². The summed E-state index contributed by atoms with van der Waals surface area (Å²) in [4.78, 5) is 11.4. The summed E-state index contributed by atoms with van der Waals surface area (Å²) in [6, 6.07) is 14.3. The standard InChI is InChI=1S/C17H15ClN4O3S/c1-12(20-21-17(23)9-10-19)13-7-8-16(15(18)11-13)22-26(24,25)14-5-3-2-4-6-14/h2-8,11,22H,9H2,1H3,(H,21,23)/b20-12+. The zero-order valence-electron chi connectivity index (χ0n) is 13.7. The first-order valence-electron chi connectivity index (χ1n) is 7.41. The third-order valence-electron chi connectivity index (χ3n) is 3.27. The third-order valence-corrected chi connectivity index (χ3v) is 4.97. The van der Waals surface area contributed by atoms with E-state index < -0.39 is 15.9 Å². The predicted molar refractivity (Wildman–Crippen MR) is 99.3 cm³/mol. The van der Waals surface area contributed by atoms with Crippen LogP contribution in [0.1, 0.15) is 18.9 Å². The van der Waals surface area contributed by atoms with Crippen LogP contribution in [0.2, 0.25) is 5.02 Å². The van der Waals surface area contributed by atoms with E-state index in [0.717, 1.165) is 0 Å². The lowest BCUT2D eigenvalue weighted by Gasteiger charge is -2.11. The fourth-order valence-corrected chi connectivity index (χ4v) is 3.33. The van der Waals surface area contributed by atoms with E-state index >= 15 is 0 Å². The lowest BCUT2D eigenvalue weighted by Crippen LogP contribution is -2.18. The van der Waals surface area contributed by atoms with Crippen molar-refractivity contribution in [1.29, 1.82) is 5.26 Å². The van der Waals surface area contributed by atoms with Gasteiger partial charge in [-0.25, -0.2) is 13.8 Å². The summed E-state index contributed by atoms with van der Waals surface area (Å²) in [5.41, 5.74) is 3.52. The molecule has 0 aliphatic rings. The Morgan fingerprint density at radius 3 is 2.54 bits per heavy atom. The lowest BCUT2D eigenvalue weighted by atomic mass is 10.1. The van der Waals surface area contributed by atoms with E-state index in [1.807, 2.05) is 0 Å². The number of nitrogens with one attached hydrogen (secondary N) is 2. The number of sulfonamides is 1. The van der Waals surface area contributed by atoms with E-state index in [4.69, 9.17) is 16.9 Å². The number of amides is 1. The van der Waals surface area contributed by atoms with Gasteiger partial charge in [0.2, 0.25) is 0 Å². The summed E-state index contributed by atoms with van der Waals surface area (Å²) in [5, 5.41) is 12.5. The predicted octanol–water partition coefficient (Wildman–Crippen LogP) is 2.89. The van der Waals surface area contributed by atoms with E-state index in [0.29, 0.717) is 11.3 Å². The molecule has 26 heavy (non-hydrogen) atoms. The molecule has 0 aliphatic heterocycles. The van der Waals surface area contributed by atoms with Crippen LogP contribution in [0.15, 0.2) is 58.5 Å². The SMILES string of the molecule is C/C(=N\NC(=O)CC#N)c1ccc(NS(=O)(=O)c2ccccc2)c(Cl)c1. The largest absolute Gasteiger partial charge is 0.278 e. The Hall–Kier alpha value is -2.89. The molecule has 0 fully saturated rings. The van der Waals surface area contributed by atoms with Crippen LogP contribution in [0.3, 0.4) is 0 Å². The van der Waals surface area contributed by atoms with Crippen LogP contribution in [0.4, 0.5) is 5.69 Å². The smallest absolute Gasteiger partial charge is 0.261 e. The molecule has 0 aromatic heterocycles. The molecule has 134 valence electrons. The highest BCUT2D eigenvalue weighted by Crippen LogP contribution is 2.26. The average Bonchev–Trinajstić information content (AvgIpc) is 2.62. The van der Waals surface area contributed by atoms with Gasteiger partial charge in [0.05, 0.1) is 27.4 Å². The first kappa shape index (κ1) is 19.4. The highest BCUT2D eigenvalue weighted by Gasteiger charge is 2.15. The fourth-order valence-electron chi connectivity index (χ4n) is 1.95. The normalized spacial score (nSPS) is 11.5. The number of nitriles is 1. The van der Waals surface area contributed by atoms with Crippen LogP contribution in [0, 0.1) is 11.3 Å². The van der Waals surface area contributed by atoms with E-state index in [-0.39, 0.29) is 22.0 Å². The number of benzene rings is 2. The quantitative estimate of drug-likeness (QED) is 0.583. The van der Waals surface area contributed by atoms with Gasteiger partial charge in [0.1, 0.15) is 6.42 Å². The highest BCUT2D eigenvalue weighted by molar-refractivity contribution is 7.92. The van der Waals surface area contributed by atoms with Crippen molar-refractivity contribution in [3.8, 4) is 6.07 Å². The first-order valence-corrected chi connectivity index (χ1v) is 9.27. The Balaban J connectivity index is 2.18. The topological polar surface area (TPSA) is 111 Å². The number of carbonyl (C=O) groups excluding carboxylic acids is 1. The summed E-state index contributed by atoms with van der Waals surface area (Å²) < 4.78 is 27.1. The minimum atomic E-state index is -3.75. The second-order valence-corrected chi connectivity index (χ2v) is 7.27. The number of hydrazone groups is 1. The van der Waals surface area contributed by atoms with Crippen LogP contribution in [-0.4, -0.2) is 20.0 Å². The molecule has 0 saturated heterocycles. The number of hydrogen-bond acceptors (Lipinski definition) is 5. The summed E-state index contributed by atoms with van der Waals surface area (Å²) >= 11 is 6.17. The van der Waals surface area contributed by atoms with Crippen LogP contribution in [-0.2, 0) is 14.8 Å². The van der Waals surface area contributed by atoms with E-state index in [2.05, 4.69) is 15.2 Å². The number of rotatable bonds is 6. The summed E-state index contributed by atoms with van der Waals surface area (Å²) in [5.74, 6) is -0.523. The zero-order valence-corrected chi connectivity index (χ0v) is 15.3. The molecule has 1 amide bonds. The molecule has 0 aliphatic carbocycles.